The molecular weight excluding hydrogens is 259 g/mol. The molecule has 0 saturated heterocycles. The van der Waals surface area contributed by atoms with E-state index in [4.69, 9.17) is 5.26 Å². The smallest absolute Gasteiger partial charge is 0.141 e. The first kappa shape index (κ1) is 13.7. The fourth-order valence-electron chi connectivity index (χ4n) is 1.93. The molecule has 20 heavy (non-hydrogen) atoms. The second kappa shape index (κ2) is 5.49. The van der Waals surface area contributed by atoms with Crippen molar-refractivity contribution in [2.75, 3.05) is 5.32 Å². The zero-order valence-electron chi connectivity index (χ0n) is 10.8. The summed E-state index contributed by atoms with van der Waals surface area (Å²) in [6.07, 6.45) is 0. The lowest BCUT2D eigenvalue weighted by atomic mass is 10.1. The summed E-state index contributed by atoms with van der Waals surface area (Å²) in [6.45, 7) is 1.81. The summed E-state index contributed by atoms with van der Waals surface area (Å²) in [4.78, 5) is 0. The molecule has 0 heterocycles. The number of nitrogens with zero attached hydrogens (tertiary/aromatic N) is 1. The van der Waals surface area contributed by atoms with Crippen LogP contribution in [-0.2, 0) is 0 Å². The highest BCUT2D eigenvalue weighted by atomic mass is 19.1. The minimum Gasteiger partial charge on any atom is -0.508 e. The third-order valence-corrected chi connectivity index (χ3v) is 2.95. The van der Waals surface area contributed by atoms with Gasteiger partial charge in [-0.25, -0.2) is 4.39 Å². The molecule has 4 nitrogen and oxygen atoms in total. The summed E-state index contributed by atoms with van der Waals surface area (Å²) in [5, 5.41) is 30.9. The topological polar surface area (TPSA) is 76.3 Å². The minimum absolute atomic E-state index is 0.0213. The molecule has 0 radical (unpaired) electrons. The number of hydrogen-bond donors (Lipinski definition) is 3. The Morgan fingerprint density at radius 3 is 2.60 bits per heavy atom. The van der Waals surface area contributed by atoms with Gasteiger partial charge in [-0.3, -0.25) is 0 Å². The highest BCUT2D eigenvalue weighted by Gasteiger charge is 2.12. The fourth-order valence-corrected chi connectivity index (χ4v) is 1.93. The Hall–Kier alpha value is -2.74. The first-order chi connectivity index (χ1) is 9.51. The second-order valence-corrected chi connectivity index (χ2v) is 4.42. The van der Waals surface area contributed by atoms with Crippen molar-refractivity contribution in [2.24, 2.45) is 0 Å². The number of benzene rings is 2. The van der Waals surface area contributed by atoms with Crippen LogP contribution in [0.5, 0.6) is 11.5 Å². The maximum absolute atomic E-state index is 13.2. The van der Waals surface area contributed by atoms with Crippen LogP contribution in [-0.4, -0.2) is 10.2 Å². The number of halogens is 1. The predicted octanol–water partition coefficient (Wildman–Crippen LogP) is 3.28. The molecule has 0 spiro atoms. The van der Waals surface area contributed by atoms with Crippen molar-refractivity contribution in [1.82, 2.24) is 0 Å². The van der Waals surface area contributed by atoms with Gasteiger partial charge in [0.25, 0.3) is 0 Å². The Kier molecular flexibility index (Phi) is 3.76. The molecule has 0 aliphatic rings. The van der Waals surface area contributed by atoms with Crippen molar-refractivity contribution in [2.45, 2.75) is 13.0 Å². The Labute approximate surface area is 115 Å². The number of nitrogens with one attached hydrogen (secondary N) is 1. The summed E-state index contributed by atoms with van der Waals surface area (Å²) < 4.78 is 13.2. The van der Waals surface area contributed by atoms with E-state index >= 15 is 0 Å². The first-order valence-corrected chi connectivity index (χ1v) is 5.99. The third-order valence-electron chi connectivity index (χ3n) is 2.95. The molecule has 2 aromatic rings. The second-order valence-electron chi connectivity index (χ2n) is 4.42. The third kappa shape index (κ3) is 2.81. The van der Waals surface area contributed by atoms with Gasteiger partial charge in [0, 0.05) is 17.3 Å². The van der Waals surface area contributed by atoms with Crippen LogP contribution in [0.15, 0.2) is 36.4 Å². The van der Waals surface area contributed by atoms with Crippen LogP contribution in [0.3, 0.4) is 0 Å². The van der Waals surface area contributed by atoms with Gasteiger partial charge in [0.2, 0.25) is 0 Å². The van der Waals surface area contributed by atoms with Gasteiger partial charge in [0.15, 0.2) is 0 Å². The molecule has 3 N–H and O–H groups in total. The van der Waals surface area contributed by atoms with Gasteiger partial charge in [-0.2, -0.15) is 5.26 Å². The average molecular weight is 272 g/mol. The average Bonchev–Trinajstić information content (AvgIpc) is 2.40. The lowest BCUT2D eigenvalue weighted by molar-refractivity contribution is 0.444. The molecule has 0 aromatic heterocycles. The number of hydrogen-bond acceptors (Lipinski definition) is 4. The van der Waals surface area contributed by atoms with Gasteiger partial charge in [-0.1, -0.05) is 0 Å². The van der Waals surface area contributed by atoms with Crippen molar-refractivity contribution in [1.29, 1.82) is 5.26 Å². The predicted molar refractivity (Wildman–Crippen MR) is 72.9 cm³/mol. The van der Waals surface area contributed by atoms with E-state index in [9.17, 15) is 14.6 Å². The Balaban J connectivity index is 2.23. The highest BCUT2D eigenvalue weighted by molar-refractivity contribution is 5.52. The molecule has 0 amide bonds. The zero-order chi connectivity index (χ0) is 14.7. The first-order valence-electron chi connectivity index (χ1n) is 5.99. The molecular formula is C15H13FN2O2. The zero-order valence-corrected chi connectivity index (χ0v) is 10.8. The van der Waals surface area contributed by atoms with Crippen LogP contribution in [0.25, 0.3) is 0 Å². The maximum atomic E-state index is 13.2. The van der Waals surface area contributed by atoms with E-state index < -0.39 is 5.82 Å². The molecule has 0 aliphatic carbocycles. The van der Waals surface area contributed by atoms with Crippen molar-refractivity contribution in [3.8, 4) is 17.6 Å². The largest absolute Gasteiger partial charge is 0.508 e. The maximum Gasteiger partial charge on any atom is 0.141 e. The van der Waals surface area contributed by atoms with Gasteiger partial charge in [0.1, 0.15) is 23.4 Å². The van der Waals surface area contributed by atoms with Gasteiger partial charge in [-0.05, 0) is 37.3 Å². The van der Waals surface area contributed by atoms with Crippen LogP contribution in [0.4, 0.5) is 10.1 Å². The number of phenolic OH excluding ortho intramolecular Hbond substituents is 2. The summed E-state index contributed by atoms with van der Waals surface area (Å²) in [5.41, 5.74) is 1.12. The van der Waals surface area contributed by atoms with E-state index in [1.54, 1.807) is 12.1 Å². The summed E-state index contributed by atoms with van der Waals surface area (Å²) in [7, 11) is 0. The molecule has 102 valence electrons. The van der Waals surface area contributed by atoms with Gasteiger partial charge >= 0.3 is 0 Å². The lowest BCUT2D eigenvalue weighted by Gasteiger charge is -2.17. The Morgan fingerprint density at radius 1 is 1.20 bits per heavy atom. The quantitative estimate of drug-likeness (QED) is 0.801. The monoisotopic (exact) mass is 272 g/mol. The molecule has 5 heteroatoms. The summed E-state index contributed by atoms with van der Waals surface area (Å²) in [5.74, 6) is -0.627. The number of anilines is 1. The van der Waals surface area contributed by atoms with E-state index in [0.29, 0.717) is 11.3 Å². The lowest BCUT2D eigenvalue weighted by Crippen LogP contribution is -2.07. The Morgan fingerprint density at radius 2 is 1.95 bits per heavy atom. The molecule has 2 rings (SSSR count). The van der Waals surface area contributed by atoms with Gasteiger partial charge in [-0.15, -0.1) is 0 Å². The van der Waals surface area contributed by atoms with Gasteiger partial charge in [0.05, 0.1) is 11.6 Å². The highest BCUT2D eigenvalue weighted by Crippen LogP contribution is 2.30. The fraction of sp³-hybridized carbons (Fsp3) is 0.133. The minimum atomic E-state index is -0.571. The van der Waals surface area contributed by atoms with Gasteiger partial charge < -0.3 is 15.5 Å². The number of phenols is 2. The van der Waals surface area contributed by atoms with Crippen LogP contribution in [0.2, 0.25) is 0 Å². The van der Waals surface area contributed by atoms with E-state index in [-0.39, 0.29) is 23.1 Å². The van der Waals surface area contributed by atoms with E-state index in [1.807, 2.05) is 6.92 Å². The summed E-state index contributed by atoms with van der Waals surface area (Å²) >= 11 is 0. The van der Waals surface area contributed by atoms with E-state index in [2.05, 4.69) is 5.32 Å². The molecule has 1 atom stereocenters. The van der Waals surface area contributed by atoms with Crippen LogP contribution in [0, 0.1) is 17.1 Å². The number of rotatable bonds is 3. The molecule has 2 aromatic carbocycles. The van der Waals surface area contributed by atoms with Crippen LogP contribution >= 0.6 is 0 Å². The SMILES string of the molecule is CC(Nc1ccc(F)c(C#N)c1)c1ccc(O)cc1O. The number of aromatic hydroxyl groups is 2. The van der Waals surface area contributed by atoms with Crippen molar-refractivity contribution < 1.29 is 14.6 Å². The summed E-state index contributed by atoms with van der Waals surface area (Å²) in [6, 6.07) is 9.95. The standard InChI is InChI=1S/C15H13FN2O2/c1-9(13-4-3-12(19)7-15(13)20)18-11-2-5-14(16)10(6-11)8-17/h2-7,9,18-20H,1H3. The van der Waals surface area contributed by atoms with Crippen LogP contribution < -0.4 is 5.32 Å². The van der Waals surface area contributed by atoms with Crippen molar-refractivity contribution >= 4 is 5.69 Å². The van der Waals surface area contributed by atoms with Crippen LogP contribution in [0.1, 0.15) is 24.1 Å². The Bertz CT molecular complexity index is 680. The molecule has 0 bridgehead atoms. The van der Waals surface area contributed by atoms with E-state index in [1.165, 1.54) is 30.3 Å². The molecule has 1 unspecified atom stereocenters. The van der Waals surface area contributed by atoms with Crippen molar-refractivity contribution in [3.63, 3.8) is 0 Å². The van der Waals surface area contributed by atoms with E-state index in [0.717, 1.165) is 0 Å². The normalized spacial score (nSPS) is 11.7. The molecule has 0 saturated carbocycles. The number of nitriles is 1. The molecule has 0 fully saturated rings. The molecule has 0 aliphatic heterocycles. The van der Waals surface area contributed by atoms with Crippen molar-refractivity contribution in [3.05, 3.63) is 53.3 Å².